The van der Waals surface area contributed by atoms with E-state index in [0.717, 1.165) is 16.3 Å². The number of amides is 1. The number of fused-ring (bicyclic) bond motifs is 1. The van der Waals surface area contributed by atoms with Gasteiger partial charge in [0.25, 0.3) is 5.91 Å². The molecule has 100 valence electrons. The van der Waals surface area contributed by atoms with Crippen LogP contribution in [0, 0.1) is 0 Å². The Morgan fingerprint density at radius 1 is 1.00 bits per heavy atom. The molecule has 2 aromatic rings. The third-order valence-electron chi connectivity index (χ3n) is 3.57. The first-order chi connectivity index (χ1) is 9.59. The molecule has 3 rings (SSSR count). The van der Waals surface area contributed by atoms with Crippen LogP contribution in [0.5, 0.6) is 0 Å². The van der Waals surface area contributed by atoms with Crippen LogP contribution in [-0.2, 0) is 4.79 Å². The summed E-state index contributed by atoms with van der Waals surface area (Å²) in [4.78, 5) is 15.4. The fourth-order valence-electron chi connectivity index (χ4n) is 2.41. The summed E-state index contributed by atoms with van der Waals surface area (Å²) in [5.74, 6) is -0.0644. The molecule has 1 aliphatic heterocycles. The summed E-state index contributed by atoms with van der Waals surface area (Å²) in [7, 11) is 3.52. The molecule has 0 atom stereocenters. The number of thiocarbonyl (C=S) groups is 1. The Morgan fingerprint density at radius 3 is 2.40 bits per heavy atom. The van der Waals surface area contributed by atoms with E-state index in [1.807, 2.05) is 37.4 Å². The van der Waals surface area contributed by atoms with Crippen LogP contribution in [0.25, 0.3) is 16.8 Å². The zero-order valence-corrected chi connectivity index (χ0v) is 12.1. The number of carbonyl (C=O) groups is 1. The van der Waals surface area contributed by atoms with Gasteiger partial charge in [-0.05, 0) is 34.6 Å². The zero-order valence-electron chi connectivity index (χ0n) is 11.3. The minimum Gasteiger partial charge on any atom is -0.317 e. The normalized spacial score (nSPS) is 17.6. The van der Waals surface area contributed by atoms with E-state index in [-0.39, 0.29) is 5.91 Å². The van der Waals surface area contributed by atoms with Gasteiger partial charge in [0.05, 0.1) is 0 Å². The fourth-order valence-corrected chi connectivity index (χ4v) is 2.59. The minimum absolute atomic E-state index is 0.0644. The summed E-state index contributed by atoms with van der Waals surface area (Å²) in [6.45, 7) is 0. The molecule has 2 aromatic carbocycles. The van der Waals surface area contributed by atoms with Crippen molar-refractivity contribution >= 4 is 40.1 Å². The van der Waals surface area contributed by atoms with E-state index in [9.17, 15) is 4.79 Å². The summed E-state index contributed by atoms with van der Waals surface area (Å²) < 4.78 is 0. The van der Waals surface area contributed by atoms with Crippen molar-refractivity contribution in [1.29, 1.82) is 0 Å². The molecule has 20 heavy (non-hydrogen) atoms. The number of hydrogen-bond donors (Lipinski definition) is 0. The summed E-state index contributed by atoms with van der Waals surface area (Å²) in [5.41, 5.74) is 1.63. The average Bonchev–Trinajstić information content (AvgIpc) is 2.65. The molecule has 0 N–H and O–H groups in total. The first-order valence-corrected chi connectivity index (χ1v) is 6.75. The fraction of sp³-hybridized carbons (Fsp3) is 0.125. The van der Waals surface area contributed by atoms with Crippen LogP contribution in [0.1, 0.15) is 5.56 Å². The summed E-state index contributed by atoms with van der Waals surface area (Å²) >= 11 is 5.22. The van der Waals surface area contributed by atoms with Crippen molar-refractivity contribution in [3.63, 3.8) is 0 Å². The van der Waals surface area contributed by atoms with Gasteiger partial charge < -0.3 is 4.90 Å². The van der Waals surface area contributed by atoms with E-state index < -0.39 is 0 Å². The van der Waals surface area contributed by atoms with Gasteiger partial charge in [-0.3, -0.25) is 9.69 Å². The molecule has 0 saturated carbocycles. The first-order valence-electron chi connectivity index (χ1n) is 6.35. The number of hydrogen-bond acceptors (Lipinski definition) is 2. The van der Waals surface area contributed by atoms with Crippen molar-refractivity contribution in [1.82, 2.24) is 9.80 Å². The number of rotatable bonds is 1. The Kier molecular flexibility index (Phi) is 3.03. The topological polar surface area (TPSA) is 23.6 Å². The van der Waals surface area contributed by atoms with Crippen molar-refractivity contribution < 1.29 is 4.79 Å². The lowest BCUT2D eigenvalue weighted by Crippen LogP contribution is -2.26. The summed E-state index contributed by atoms with van der Waals surface area (Å²) in [5, 5.41) is 2.82. The van der Waals surface area contributed by atoms with E-state index in [2.05, 4.69) is 18.2 Å². The van der Waals surface area contributed by atoms with Crippen molar-refractivity contribution in [2.45, 2.75) is 0 Å². The molecular weight excluding hydrogens is 268 g/mol. The van der Waals surface area contributed by atoms with Gasteiger partial charge >= 0.3 is 0 Å². The van der Waals surface area contributed by atoms with E-state index in [0.29, 0.717) is 10.8 Å². The largest absolute Gasteiger partial charge is 0.317 e. The third kappa shape index (κ3) is 1.89. The molecule has 3 nitrogen and oxygen atoms in total. The Labute approximate surface area is 123 Å². The van der Waals surface area contributed by atoms with Crippen molar-refractivity contribution in [2.24, 2.45) is 0 Å². The van der Waals surface area contributed by atoms with Crippen LogP contribution in [0.15, 0.2) is 48.2 Å². The van der Waals surface area contributed by atoms with Crippen LogP contribution in [0.3, 0.4) is 0 Å². The van der Waals surface area contributed by atoms with Crippen LogP contribution in [0.2, 0.25) is 0 Å². The molecule has 1 aliphatic rings. The molecule has 0 aliphatic carbocycles. The maximum Gasteiger partial charge on any atom is 0.276 e. The molecule has 1 heterocycles. The highest BCUT2D eigenvalue weighted by atomic mass is 32.1. The summed E-state index contributed by atoms with van der Waals surface area (Å²) in [6.07, 6.45) is 1.90. The first kappa shape index (κ1) is 12.8. The SMILES string of the molecule is CN1C(=O)/C(=C\c2cccc3ccccc23)N(C)C1=S. The van der Waals surface area contributed by atoms with E-state index in [4.69, 9.17) is 12.2 Å². The Bertz CT molecular complexity index is 746. The van der Waals surface area contributed by atoms with E-state index in [1.165, 1.54) is 4.90 Å². The van der Waals surface area contributed by atoms with Gasteiger partial charge in [-0.15, -0.1) is 0 Å². The third-order valence-corrected chi connectivity index (χ3v) is 4.12. The lowest BCUT2D eigenvalue weighted by atomic mass is 10.0. The average molecular weight is 282 g/mol. The maximum atomic E-state index is 12.2. The Morgan fingerprint density at radius 2 is 1.70 bits per heavy atom. The van der Waals surface area contributed by atoms with Crippen LogP contribution in [-0.4, -0.2) is 34.9 Å². The van der Waals surface area contributed by atoms with Crippen molar-refractivity contribution in [3.8, 4) is 0 Å². The molecule has 1 fully saturated rings. The highest BCUT2D eigenvalue weighted by molar-refractivity contribution is 7.80. The summed E-state index contributed by atoms with van der Waals surface area (Å²) in [6, 6.07) is 14.2. The Hall–Kier alpha value is -2.20. The van der Waals surface area contributed by atoms with Crippen molar-refractivity contribution in [3.05, 3.63) is 53.7 Å². The van der Waals surface area contributed by atoms with Gasteiger partial charge in [0.2, 0.25) is 0 Å². The van der Waals surface area contributed by atoms with Gasteiger partial charge in [-0.2, -0.15) is 0 Å². The molecule has 0 bridgehead atoms. The second-order valence-corrected chi connectivity index (χ2v) is 5.17. The standard InChI is InChI=1S/C16H14N2OS/c1-17-14(15(19)18(2)16(17)20)10-12-8-5-7-11-6-3-4-9-13(11)12/h3-10H,1-2H3/b14-10+. The number of benzene rings is 2. The quantitative estimate of drug-likeness (QED) is 0.593. The minimum atomic E-state index is -0.0644. The number of carbonyl (C=O) groups excluding carboxylic acids is 1. The molecule has 0 radical (unpaired) electrons. The van der Waals surface area contributed by atoms with Gasteiger partial charge in [0, 0.05) is 14.1 Å². The maximum absolute atomic E-state index is 12.2. The second kappa shape index (κ2) is 4.72. The molecule has 1 amide bonds. The van der Waals surface area contributed by atoms with Crippen LogP contribution in [0.4, 0.5) is 0 Å². The molecule has 1 saturated heterocycles. The van der Waals surface area contributed by atoms with Gasteiger partial charge in [-0.1, -0.05) is 42.5 Å². The lowest BCUT2D eigenvalue weighted by molar-refractivity contribution is -0.121. The monoisotopic (exact) mass is 282 g/mol. The number of likely N-dealkylation sites (N-methyl/N-ethyl adjacent to an activating group) is 2. The van der Waals surface area contributed by atoms with E-state index >= 15 is 0 Å². The highest BCUT2D eigenvalue weighted by Gasteiger charge is 2.32. The smallest absolute Gasteiger partial charge is 0.276 e. The zero-order chi connectivity index (χ0) is 14.3. The molecule has 0 aromatic heterocycles. The van der Waals surface area contributed by atoms with E-state index in [1.54, 1.807) is 11.9 Å². The molecule has 0 unspecified atom stereocenters. The lowest BCUT2D eigenvalue weighted by Gasteiger charge is -2.11. The predicted octanol–water partition coefficient (Wildman–Crippen LogP) is 2.87. The number of nitrogens with zero attached hydrogens (tertiary/aromatic N) is 2. The Balaban J connectivity index is 2.16. The van der Waals surface area contributed by atoms with Gasteiger partial charge in [0.1, 0.15) is 5.70 Å². The molecule has 0 spiro atoms. The van der Waals surface area contributed by atoms with Crippen molar-refractivity contribution in [2.75, 3.05) is 14.1 Å². The van der Waals surface area contributed by atoms with Crippen LogP contribution < -0.4 is 0 Å². The molecule has 4 heteroatoms. The van der Waals surface area contributed by atoms with Crippen LogP contribution >= 0.6 is 12.2 Å². The second-order valence-electron chi connectivity index (χ2n) is 4.80. The molecular formula is C16H14N2OS. The predicted molar refractivity (Wildman–Crippen MR) is 85.1 cm³/mol. The van der Waals surface area contributed by atoms with Gasteiger partial charge in [-0.25, -0.2) is 0 Å². The highest BCUT2D eigenvalue weighted by Crippen LogP contribution is 2.25. The van der Waals surface area contributed by atoms with Gasteiger partial charge in [0.15, 0.2) is 5.11 Å².